The van der Waals surface area contributed by atoms with Gasteiger partial charge in [-0.15, -0.1) is 10.2 Å². The van der Waals surface area contributed by atoms with Crippen molar-refractivity contribution in [3.8, 4) is 0 Å². The first-order valence-electron chi connectivity index (χ1n) is 6.02. The minimum absolute atomic E-state index is 0.216. The highest BCUT2D eigenvalue weighted by atomic mass is 35.5. The predicted octanol–water partition coefficient (Wildman–Crippen LogP) is 2.50. The molecule has 0 aliphatic carbocycles. The van der Waals surface area contributed by atoms with Crippen LogP contribution in [0.5, 0.6) is 0 Å². The number of rotatable bonds is 4. The summed E-state index contributed by atoms with van der Waals surface area (Å²) in [7, 11) is 0. The molecule has 0 unspecified atom stereocenters. The summed E-state index contributed by atoms with van der Waals surface area (Å²) < 4.78 is 5.40. The number of primary amides is 1. The van der Waals surface area contributed by atoms with Gasteiger partial charge in [-0.2, -0.15) is 0 Å². The number of carbonyl (C=O) groups is 1. The lowest BCUT2D eigenvalue weighted by molar-refractivity contribution is -0.117. The van der Waals surface area contributed by atoms with Gasteiger partial charge in [-0.1, -0.05) is 25.4 Å². The van der Waals surface area contributed by atoms with Crippen molar-refractivity contribution in [3.05, 3.63) is 17.0 Å². The van der Waals surface area contributed by atoms with E-state index in [4.69, 9.17) is 21.8 Å². The third-order valence-corrected chi connectivity index (χ3v) is 2.45. The van der Waals surface area contributed by atoms with E-state index in [1.165, 1.54) is 0 Å². The van der Waals surface area contributed by atoms with Crippen LogP contribution in [-0.2, 0) is 4.79 Å². The minimum Gasteiger partial charge on any atom is -0.458 e. The lowest BCUT2D eigenvalue weighted by atomic mass is 10.3. The van der Waals surface area contributed by atoms with Gasteiger partial charge in [0.1, 0.15) is 5.76 Å². The van der Waals surface area contributed by atoms with Crippen LogP contribution in [0.25, 0.3) is 11.0 Å². The number of anilines is 1. The Morgan fingerprint density at radius 1 is 1.47 bits per heavy atom. The Bertz CT molecular complexity index is 568. The van der Waals surface area contributed by atoms with Gasteiger partial charge >= 0.3 is 0 Å². The molecule has 104 valence electrons. The van der Waals surface area contributed by atoms with Crippen molar-refractivity contribution in [2.24, 2.45) is 5.73 Å². The van der Waals surface area contributed by atoms with Gasteiger partial charge in [-0.25, -0.2) is 0 Å². The van der Waals surface area contributed by atoms with Crippen LogP contribution in [-0.4, -0.2) is 22.6 Å². The summed E-state index contributed by atoms with van der Waals surface area (Å²) >= 11 is 5.86. The summed E-state index contributed by atoms with van der Waals surface area (Å²) in [5.74, 6) is 0.871. The molecule has 0 aliphatic heterocycles. The van der Waals surface area contributed by atoms with E-state index < -0.39 is 0 Å². The van der Waals surface area contributed by atoms with Crippen LogP contribution in [0.3, 0.4) is 0 Å². The van der Waals surface area contributed by atoms with Crippen LogP contribution in [0.2, 0.25) is 5.15 Å². The Hall–Kier alpha value is -1.82. The monoisotopic (exact) mass is 284 g/mol. The Balaban J connectivity index is 0.000000861. The number of nitrogens with two attached hydrogens (primary N) is 1. The van der Waals surface area contributed by atoms with E-state index in [2.05, 4.69) is 15.5 Å². The van der Waals surface area contributed by atoms with Gasteiger partial charge in [0.05, 0.1) is 5.39 Å². The maximum atomic E-state index is 10.6. The number of fused-ring (bicyclic) bond motifs is 1. The molecule has 1 amide bonds. The number of aromatic nitrogens is 2. The summed E-state index contributed by atoms with van der Waals surface area (Å²) in [4.78, 5) is 10.6. The lowest BCUT2D eigenvalue weighted by Gasteiger charge is -2.03. The molecule has 0 aliphatic rings. The first-order valence-corrected chi connectivity index (χ1v) is 6.40. The van der Waals surface area contributed by atoms with Crippen LogP contribution in [0.4, 0.5) is 5.82 Å². The predicted molar refractivity (Wildman–Crippen MR) is 75.2 cm³/mol. The molecule has 0 bridgehead atoms. The molecule has 3 N–H and O–H groups in total. The molecule has 2 heterocycles. The number of nitrogens with one attached hydrogen (secondary N) is 1. The average molecular weight is 285 g/mol. The molecular formula is C12H17ClN4O2. The largest absolute Gasteiger partial charge is 0.458 e. The number of halogens is 1. The zero-order valence-electron chi connectivity index (χ0n) is 11.2. The Morgan fingerprint density at radius 2 is 2.16 bits per heavy atom. The maximum absolute atomic E-state index is 10.6. The summed E-state index contributed by atoms with van der Waals surface area (Å²) in [5, 5.41) is 11.6. The molecule has 0 radical (unpaired) electrons. The van der Waals surface area contributed by atoms with Gasteiger partial charge in [0.25, 0.3) is 0 Å². The number of nitrogens with zero attached hydrogens (tertiary/aromatic N) is 2. The number of furan rings is 1. The first kappa shape index (κ1) is 15.2. The van der Waals surface area contributed by atoms with Gasteiger partial charge in [0, 0.05) is 13.0 Å². The summed E-state index contributed by atoms with van der Waals surface area (Å²) in [5.41, 5.74) is 5.53. The normalized spacial score (nSPS) is 9.89. The molecule has 0 saturated heterocycles. The molecular weight excluding hydrogens is 268 g/mol. The topological polar surface area (TPSA) is 94.0 Å². The molecule has 0 aromatic carbocycles. The average Bonchev–Trinajstić information content (AvgIpc) is 2.77. The van der Waals surface area contributed by atoms with Crippen LogP contribution >= 0.6 is 11.6 Å². The highest BCUT2D eigenvalue weighted by molar-refractivity contribution is 6.33. The Kier molecular flexibility index (Phi) is 5.57. The van der Waals surface area contributed by atoms with Gasteiger partial charge in [-0.3, -0.25) is 4.79 Å². The minimum atomic E-state index is -0.376. The molecule has 0 spiro atoms. The van der Waals surface area contributed by atoms with Crippen LogP contribution in [0.15, 0.2) is 10.5 Å². The second-order valence-electron chi connectivity index (χ2n) is 3.58. The molecule has 6 nitrogen and oxygen atoms in total. The Morgan fingerprint density at radius 3 is 2.79 bits per heavy atom. The molecule has 2 aromatic heterocycles. The van der Waals surface area contributed by atoms with E-state index in [0.717, 1.165) is 11.1 Å². The standard InChI is InChI=1S/C10H11ClN4O2.C2H6/c1-5-4-6-8(17-5)9(11)14-15-10(6)13-3-2-7(12)16;1-2/h4H,2-3H2,1H3,(H2,12,16)(H,13,15);1-2H3. The van der Waals surface area contributed by atoms with E-state index in [9.17, 15) is 4.79 Å². The van der Waals surface area contributed by atoms with Crippen LogP contribution in [0.1, 0.15) is 26.0 Å². The zero-order valence-corrected chi connectivity index (χ0v) is 11.9. The smallest absolute Gasteiger partial charge is 0.219 e. The van der Waals surface area contributed by atoms with Gasteiger partial charge in [-0.05, 0) is 13.0 Å². The highest BCUT2D eigenvalue weighted by Gasteiger charge is 2.12. The third-order valence-electron chi connectivity index (χ3n) is 2.20. The molecule has 0 fully saturated rings. The van der Waals surface area contributed by atoms with E-state index in [1.54, 1.807) is 0 Å². The maximum Gasteiger partial charge on any atom is 0.219 e. The number of carbonyl (C=O) groups excluding carboxylic acids is 1. The summed E-state index contributed by atoms with van der Waals surface area (Å²) in [6.07, 6.45) is 0.225. The molecule has 0 atom stereocenters. The summed E-state index contributed by atoms with van der Waals surface area (Å²) in [6, 6.07) is 1.81. The summed E-state index contributed by atoms with van der Waals surface area (Å²) in [6.45, 7) is 6.20. The molecule has 2 aromatic rings. The van der Waals surface area contributed by atoms with Crippen molar-refractivity contribution < 1.29 is 9.21 Å². The van der Waals surface area contributed by atoms with Gasteiger partial charge in [0.2, 0.25) is 5.91 Å². The van der Waals surface area contributed by atoms with Gasteiger partial charge in [0.15, 0.2) is 16.6 Å². The third kappa shape index (κ3) is 3.82. The van der Waals surface area contributed by atoms with E-state index >= 15 is 0 Å². The van der Waals surface area contributed by atoms with Crippen molar-refractivity contribution in [1.29, 1.82) is 0 Å². The lowest BCUT2D eigenvalue weighted by Crippen LogP contribution is -2.16. The van der Waals surface area contributed by atoms with Crippen molar-refractivity contribution in [2.45, 2.75) is 27.2 Å². The highest BCUT2D eigenvalue weighted by Crippen LogP contribution is 2.28. The number of aryl methyl sites for hydroxylation is 1. The quantitative estimate of drug-likeness (QED) is 0.899. The fourth-order valence-electron chi connectivity index (χ4n) is 1.47. The fourth-order valence-corrected chi connectivity index (χ4v) is 1.65. The van der Waals surface area contributed by atoms with Crippen molar-refractivity contribution in [2.75, 3.05) is 11.9 Å². The van der Waals surface area contributed by atoms with Gasteiger partial charge < -0.3 is 15.5 Å². The second-order valence-corrected chi connectivity index (χ2v) is 3.94. The number of amides is 1. The van der Waals surface area contributed by atoms with Crippen molar-refractivity contribution >= 4 is 34.3 Å². The van der Waals surface area contributed by atoms with Crippen LogP contribution < -0.4 is 11.1 Å². The molecule has 7 heteroatoms. The van der Waals surface area contributed by atoms with E-state index in [0.29, 0.717) is 17.9 Å². The fraction of sp³-hybridized carbons (Fsp3) is 0.417. The SMILES string of the molecule is CC.Cc1cc2c(NCCC(N)=O)nnc(Cl)c2o1. The van der Waals surface area contributed by atoms with E-state index in [1.807, 2.05) is 26.8 Å². The molecule has 2 rings (SSSR count). The molecule has 0 saturated carbocycles. The number of hydrogen-bond acceptors (Lipinski definition) is 5. The van der Waals surface area contributed by atoms with Crippen molar-refractivity contribution in [3.63, 3.8) is 0 Å². The second kappa shape index (κ2) is 6.94. The molecule has 19 heavy (non-hydrogen) atoms. The Labute approximate surface area is 116 Å². The number of hydrogen-bond donors (Lipinski definition) is 2. The van der Waals surface area contributed by atoms with Crippen molar-refractivity contribution in [1.82, 2.24) is 10.2 Å². The van der Waals surface area contributed by atoms with E-state index in [-0.39, 0.29) is 17.5 Å². The zero-order chi connectivity index (χ0) is 14.4. The van der Waals surface area contributed by atoms with Crippen LogP contribution in [0, 0.1) is 6.92 Å². The first-order chi connectivity index (χ1) is 9.08.